The van der Waals surface area contributed by atoms with Crippen molar-refractivity contribution < 1.29 is 0 Å². The topological polar surface area (TPSA) is 42.2 Å². The number of aromatic nitrogens is 1. The quantitative estimate of drug-likeness (QED) is 0.940. The molecule has 108 valence electrons. The van der Waals surface area contributed by atoms with E-state index >= 15 is 0 Å². The summed E-state index contributed by atoms with van der Waals surface area (Å²) >= 11 is 3.44. The highest BCUT2D eigenvalue weighted by Gasteiger charge is 2.19. The first-order valence-electron chi connectivity index (χ1n) is 7.18. The summed E-state index contributed by atoms with van der Waals surface area (Å²) in [4.78, 5) is 8.45. The fourth-order valence-electron chi connectivity index (χ4n) is 2.78. The molecule has 1 aliphatic rings. The van der Waals surface area contributed by atoms with Crippen LogP contribution in [0.3, 0.4) is 0 Å². The van der Waals surface area contributed by atoms with Gasteiger partial charge < -0.3 is 5.73 Å². The Balaban J connectivity index is 1.64. The molecule has 2 aromatic heterocycles. The van der Waals surface area contributed by atoms with Crippen molar-refractivity contribution in [2.75, 3.05) is 13.1 Å². The zero-order valence-corrected chi connectivity index (χ0v) is 13.4. The van der Waals surface area contributed by atoms with E-state index in [1.165, 1.54) is 35.8 Å². The minimum absolute atomic E-state index is 0.0692. The Labute approximate surface area is 128 Å². The highest BCUT2D eigenvalue weighted by Crippen LogP contribution is 2.26. The number of likely N-dealkylation sites (tertiary alicyclic amines) is 1. The number of hydrogen-bond acceptors (Lipinski definition) is 5. The smallest absolute Gasteiger partial charge is 0.107 e. The minimum Gasteiger partial charge on any atom is -0.318 e. The maximum atomic E-state index is 6.27. The molecule has 0 saturated carbocycles. The number of hydrogen-bond donors (Lipinski definition) is 1. The Morgan fingerprint density at radius 1 is 1.50 bits per heavy atom. The average Bonchev–Trinajstić information content (AvgIpc) is 3.09. The van der Waals surface area contributed by atoms with Crippen molar-refractivity contribution in [3.63, 3.8) is 0 Å². The van der Waals surface area contributed by atoms with Crippen molar-refractivity contribution >= 4 is 22.7 Å². The van der Waals surface area contributed by atoms with Gasteiger partial charge in [-0.1, -0.05) is 13.0 Å². The third-order valence-electron chi connectivity index (χ3n) is 3.84. The van der Waals surface area contributed by atoms with Crippen molar-refractivity contribution in [2.45, 2.75) is 32.4 Å². The standard InChI is InChI=1S/C15H21N3S2/c1-11-4-2-6-18(8-11)9-14-17-12(10-20-14)15(16)13-5-3-7-19-13/h3,5,7,10-11,15H,2,4,6,8-9,16H2,1H3. The fraction of sp³-hybridized carbons (Fsp3) is 0.533. The summed E-state index contributed by atoms with van der Waals surface area (Å²) in [6, 6.07) is 4.06. The first-order valence-corrected chi connectivity index (χ1v) is 8.94. The number of nitrogens with zero attached hydrogens (tertiary/aromatic N) is 2. The lowest BCUT2D eigenvalue weighted by atomic mass is 10.0. The number of nitrogens with two attached hydrogens (primary N) is 1. The third-order valence-corrected chi connectivity index (χ3v) is 5.65. The van der Waals surface area contributed by atoms with Gasteiger partial charge in [-0.25, -0.2) is 4.98 Å². The van der Waals surface area contributed by atoms with Gasteiger partial charge in [0, 0.05) is 16.8 Å². The van der Waals surface area contributed by atoms with E-state index in [0.29, 0.717) is 0 Å². The molecule has 20 heavy (non-hydrogen) atoms. The lowest BCUT2D eigenvalue weighted by Gasteiger charge is -2.29. The van der Waals surface area contributed by atoms with Crippen LogP contribution in [0.4, 0.5) is 0 Å². The van der Waals surface area contributed by atoms with Crippen molar-refractivity contribution in [3.05, 3.63) is 38.5 Å². The Hall–Kier alpha value is -0.750. The molecule has 0 aliphatic carbocycles. The molecular formula is C15H21N3S2. The van der Waals surface area contributed by atoms with Crippen LogP contribution in [0.5, 0.6) is 0 Å². The summed E-state index contributed by atoms with van der Waals surface area (Å²) in [5.41, 5.74) is 7.28. The first-order chi connectivity index (χ1) is 9.72. The monoisotopic (exact) mass is 307 g/mol. The van der Waals surface area contributed by atoms with Crippen LogP contribution in [-0.2, 0) is 6.54 Å². The number of thiazole rings is 1. The maximum Gasteiger partial charge on any atom is 0.107 e. The van der Waals surface area contributed by atoms with E-state index in [2.05, 4.69) is 28.7 Å². The molecule has 0 spiro atoms. The first kappa shape index (κ1) is 14.2. The van der Waals surface area contributed by atoms with E-state index in [9.17, 15) is 0 Å². The van der Waals surface area contributed by atoms with Gasteiger partial charge in [-0.2, -0.15) is 0 Å². The van der Waals surface area contributed by atoms with Crippen LogP contribution < -0.4 is 5.73 Å². The summed E-state index contributed by atoms with van der Waals surface area (Å²) in [6.45, 7) is 5.72. The van der Waals surface area contributed by atoms with Gasteiger partial charge in [-0.3, -0.25) is 4.90 Å². The lowest BCUT2D eigenvalue weighted by molar-refractivity contribution is 0.176. The zero-order chi connectivity index (χ0) is 13.9. The SMILES string of the molecule is CC1CCCN(Cc2nc(C(N)c3cccs3)cs2)C1. The minimum atomic E-state index is -0.0692. The van der Waals surface area contributed by atoms with Crippen LogP contribution in [0.2, 0.25) is 0 Å². The summed E-state index contributed by atoms with van der Waals surface area (Å²) in [6.07, 6.45) is 2.68. The maximum absolute atomic E-state index is 6.27. The van der Waals surface area contributed by atoms with E-state index in [0.717, 1.165) is 18.2 Å². The summed E-state index contributed by atoms with van der Waals surface area (Å²) in [5.74, 6) is 0.816. The fourth-order valence-corrected chi connectivity index (χ4v) is 4.39. The van der Waals surface area contributed by atoms with E-state index in [1.807, 2.05) is 6.07 Å². The molecule has 0 aromatic carbocycles. The second-order valence-corrected chi connectivity index (χ2v) is 7.56. The van der Waals surface area contributed by atoms with Gasteiger partial charge in [0.05, 0.1) is 18.3 Å². The van der Waals surface area contributed by atoms with Crippen molar-refractivity contribution in [1.29, 1.82) is 0 Å². The van der Waals surface area contributed by atoms with E-state index < -0.39 is 0 Å². The molecule has 0 bridgehead atoms. The summed E-state index contributed by atoms with van der Waals surface area (Å²) < 4.78 is 0. The molecule has 1 aliphatic heterocycles. The van der Waals surface area contributed by atoms with Gasteiger partial charge in [-0.05, 0) is 36.8 Å². The molecule has 3 rings (SSSR count). The molecule has 5 heteroatoms. The molecule has 2 atom stereocenters. The molecule has 0 radical (unpaired) electrons. The van der Waals surface area contributed by atoms with E-state index in [-0.39, 0.29) is 6.04 Å². The highest BCUT2D eigenvalue weighted by molar-refractivity contribution is 7.10. The summed E-state index contributed by atoms with van der Waals surface area (Å²) in [5, 5.41) is 5.38. The van der Waals surface area contributed by atoms with Gasteiger partial charge in [0.1, 0.15) is 5.01 Å². The number of piperidine rings is 1. The normalized spacial score (nSPS) is 22.0. The van der Waals surface area contributed by atoms with Gasteiger partial charge in [-0.15, -0.1) is 22.7 Å². The van der Waals surface area contributed by atoms with E-state index in [4.69, 9.17) is 10.7 Å². The predicted octanol–water partition coefficient (Wildman–Crippen LogP) is 3.48. The van der Waals surface area contributed by atoms with Crippen LogP contribution in [0, 0.1) is 5.92 Å². The van der Waals surface area contributed by atoms with Gasteiger partial charge >= 0.3 is 0 Å². The number of thiophene rings is 1. The largest absolute Gasteiger partial charge is 0.318 e. The predicted molar refractivity (Wildman–Crippen MR) is 86.1 cm³/mol. The Morgan fingerprint density at radius 3 is 3.15 bits per heavy atom. The summed E-state index contributed by atoms with van der Waals surface area (Å²) in [7, 11) is 0. The molecule has 0 amide bonds. The van der Waals surface area contributed by atoms with Crippen LogP contribution in [-0.4, -0.2) is 23.0 Å². The Bertz CT molecular complexity index is 535. The molecule has 2 aromatic rings. The van der Waals surface area contributed by atoms with Crippen LogP contribution in [0.15, 0.2) is 22.9 Å². The molecule has 3 heterocycles. The van der Waals surface area contributed by atoms with Crippen molar-refractivity contribution in [2.24, 2.45) is 11.7 Å². The Kier molecular flexibility index (Phi) is 4.51. The van der Waals surface area contributed by atoms with Crippen LogP contribution in [0.25, 0.3) is 0 Å². The lowest BCUT2D eigenvalue weighted by Crippen LogP contribution is -2.33. The van der Waals surface area contributed by atoms with Gasteiger partial charge in [0.15, 0.2) is 0 Å². The van der Waals surface area contributed by atoms with Crippen molar-refractivity contribution in [1.82, 2.24) is 9.88 Å². The molecule has 2 N–H and O–H groups in total. The van der Waals surface area contributed by atoms with Gasteiger partial charge in [0.25, 0.3) is 0 Å². The van der Waals surface area contributed by atoms with Crippen LogP contribution in [0.1, 0.15) is 41.4 Å². The molecule has 2 unspecified atom stereocenters. The molecule has 1 saturated heterocycles. The zero-order valence-electron chi connectivity index (χ0n) is 11.8. The molecular weight excluding hydrogens is 286 g/mol. The van der Waals surface area contributed by atoms with Gasteiger partial charge in [0.2, 0.25) is 0 Å². The van der Waals surface area contributed by atoms with Crippen LogP contribution >= 0.6 is 22.7 Å². The Morgan fingerprint density at radius 2 is 2.40 bits per heavy atom. The average molecular weight is 307 g/mol. The highest BCUT2D eigenvalue weighted by atomic mass is 32.1. The van der Waals surface area contributed by atoms with E-state index in [1.54, 1.807) is 22.7 Å². The third kappa shape index (κ3) is 3.28. The number of rotatable bonds is 4. The second-order valence-electron chi connectivity index (χ2n) is 5.64. The molecule has 3 nitrogen and oxygen atoms in total. The second kappa shape index (κ2) is 6.35. The molecule has 1 fully saturated rings. The van der Waals surface area contributed by atoms with Crippen molar-refractivity contribution in [3.8, 4) is 0 Å².